The third-order valence-electron chi connectivity index (χ3n) is 2.91. The van der Waals surface area contributed by atoms with Crippen molar-refractivity contribution < 1.29 is 21.5 Å². The molecule has 0 bridgehead atoms. The Bertz CT molecular complexity index is 601. The lowest BCUT2D eigenvalue weighted by Gasteiger charge is -2.37. The highest BCUT2D eigenvalue weighted by molar-refractivity contribution is 6.05. The van der Waals surface area contributed by atoms with Crippen molar-refractivity contribution in [3.63, 3.8) is 0 Å². The Morgan fingerprint density at radius 2 is 2.24 bits per heavy atom. The molecular formula is C13H15NO3. The van der Waals surface area contributed by atoms with Gasteiger partial charge in [0.15, 0.2) is 0 Å². The van der Waals surface area contributed by atoms with Gasteiger partial charge in [0, 0.05) is 13.3 Å². The van der Waals surface area contributed by atoms with Crippen LogP contribution in [0.3, 0.4) is 0 Å². The molecule has 0 aromatic heterocycles. The number of hydrogen-bond donors (Lipinski definition) is 2. The van der Waals surface area contributed by atoms with Gasteiger partial charge in [-0.25, -0.2) is 0 Å². The van der Waals surface area contributed by atoms with Gasteiger partial charge in [-0.05, 0) is 11.9 Å². The minimum Gasteiger partial charge on any atom is -0.383 e. The first kappa shape index (κ1) is 6.91. The fraction of sp³-hybridized carbons (Fsp3) is 0.385. The molecule has 4 heteroatoms. The Morgan fingerprint density at radius 3 is 2.88 bits per heavy atom. The molecule has 2 rings (SSSR count). The Hall–Kier alpha value is -1.68. The van der Waals surface area contributed by atoms with E-state index < -0.39 is 43.0 Å². The van der Waals surface area contributed by atoms with E-state index >= 15 is 0 Å². The lowest BCUT2D eigenvalue weighted by atomic mass is 9.71. The Labute approximate surface area is 107 Å². The molecule has 2 atom stereocenters. The highest BCUT2D eigenvalue weighted by Crippen LogP contribution is 2.35. The second kappa shape index (κ2) is 4.30. The highest BCUT2D eigenvalue weighted by Gasteiger charge is 2.46. The summed E-state index contributed by atoms with van der Waals surface area (Å²) in [6, 6.07) is 7.51. The first-order valence-corrected chi connectivity index (χ1v) is 5.13. The molecule has 0 radical (unpaired) electrons. The van der Waals surface area contributed by atoms with Crippen molar-refractivity contribution in [1.82, 2.24) is 5.32 Å². The van der Waals surface area contributed by atoms with E-state index in [0.29, 0.717) is 0 Å². The lowest BCUT2D eigenvalue weighted by Crippen LogP contribution is -2.57. The number of piperidine rings is 1. The molecule has 1 heterocycles. The van der Waals surface area contributed by atoms with E-state index in [4.69, 9.17) is 6.85 Å². The number of benzene rings is 1. The predicted molar refractivity (Wildman–Crippen MR) is 62.2 cm³/mol. The van der Waals surface area contributed by atoms with Crippen LogP contribution >= 0.6 is 0 Å². The zero-order valence-electron chi connectivity index (χ0n) is 13.9. The molecule has 90 valence electrons. The van der Waals surface area contributed by atoms with Crippen LogP contribution in [0, 0.1) is 0 Å². The quantitative estimate of drug-likeness (QED) is 0.747. The Morgan fingerprint density at radius 1 is 1.53 bits per heavy atom. The fourth-order valence-electron chi connectivity index (χ4n) is 1.93. The smallest absolute Gasteiger partial charge is 0.255 e. The first-order chi connectivity index (χ1) is 10.0. The minimum absolute atomic E-state index is 0.0974. The van der Waals surface area contributed by atoms with Gasteiger partial charge in [0.2, 0.25) is 5.91 Å². The van der Waals surface area contributed by atoms with Crippen molar-refractivity contribution in [2.24, 2.45) is 0 Å². The Balaban J connectivity index is 2.71. The first-order valence-electron chi connectivity index (χ1n) is 7.63. The number of hydrogen-bond acceptors (Lipinski definition) is 3. The molecule has 1 aromatic rings. The Kier molecular flexibility index (Phi) is 1.75. The molecule has 2 N–H and O–H groups in total. The number of carbonyl (C=O) groups excluding carboxylic acids is 2. The maximum Gasteiger partial charge on any atom is 0.255 e. The fourth-order valence-corrected chi connectivity index (χ4v) is 1.93. The summed E-state index contributed by atoms with van der Waals surface area (Å²) in [6.07, 6.45) is -5.28. The number of aliphatic hydroxyl groups excluding tert-OH is 1. The molecule has 0 spiro atoms. The van der Waals surface area contributed by atoms with E-state index in [0.717, 1.165) is 0 Å². The van der Waals surface area contributed by atoms with Crippen molar-refractivity contribution in [2.75, 3.05) is 0 Å². The zero-order valence-corrected chi connectivity index (χ0v) is 8.93. The van der Waals surface area contributed by atoms with Crippen LogP contribution < -0.4 is 5.32 Å². The lowest BCUT2D eigenvalue weighted by molar-refractivity contribution is -0.145. The summed E-state index contributed by atoms with van der Waals surface area (Å²) in [5.74, 6) is -2.02. The monoisotopic (exact) mass is 238 g/mol. The molecule has 17 heavy (non-hydrogen) atoms. The second-order valence-electron chi connectivity index (χ2n) is 3.93. The summed E-state index contributed by atoms with van der Waals surface area (Å²) < 4.78 is 38.5. The van der Waals surface area contributed by atoms with Gasteiger partial charge < -0.3 is 5.11 Å². The summed E-state index contributed by atoms with van der Waals surface area (Å²) in [6.45, 7) is -3.12. The zero-order chi connectivity index (χ0) is 16.8. The second-order valence-corrected chi connectivity index (χ2v) is 3.93. The van der Waals surface area contributed by atoms with Gasteiger partial charge in [0.25, 0.3) is 5.91 Å². The van der Waals surface area contributed by atoms with Gasteiger partial charge >= 0.3 is 0 Å². The predicted octanol–water partition coefficient (Wildman–Crippen LogP) is 0.742. The van der Waals surface area contributed by atoms with Gasteiger partial charge in [0.1, 0.15) is 6.10 Å². The van der Waals surface area contributed by atoms with Crippen LogP contribution in [0.1, 0.15) is 32.1 Å². The number of amides is 2. The maximum absolute atomic E-state index is 12.4. The van der Waals surface area contributed by atoms with Gasteiger partial charge in [-0.3, -0.25) is 14.9 Å². The number of imide groups is 1. The summed E-state index contributed by atoms with van der Waals surface area (Å²) in [5, 5.41) is 11.7. The molecular weight excluding hydrogens is 218 g/mol. The normalized spacial score (nSPS) is 34.9. The van der Waals surface area contributed by atoms with Crippen molar-refractivity contribution in [1.29, 1.82) is 0 Å². The van der Waals surface area contributed by atoms with Crippen LogP contribution in [0.4, 0.5) is 0 Å². The molecule has 1 aliphatic heterocycles. The molecule has 1 saturated heterocycles. The third-order valence-corrected chi connectivity index (χ3v) is 2.91. The SMILES string of the molecule is [2H]C([2H])([2H])C([2H])([2H])C1(c2ccccc2)CC(O)C(=O)NC1=O. The van der Waals surface area contributed by atoms with Gasteiger partial charge in [-0.15, -0.1) is 0 Å². The van der Waals surface area contributed by atoms with Crippen molar-refractivity contribution in [3.05, 3.63) is 35.9 Å². The van der Waals surface area contributed by atoms with Gasteiger partial charge in [-0.2, -0.15) is 0 Å². The maximum atomic E-state index is 12.4. The molecule has 2 unspecified atom stereocenters. The molecule has 0 saturated carbocycles. The van der Waals surface area contributed by atoms with E-state index in [1.807, 2.05) is 5.32 Å². The standard InChI is InChI=1S/C13H15NO3/c1-2-13(9-6-4-3-5-7-9)8-10(15)11(16)14-12(13)17/h3-7,10,15H,2,8H2,1H3,(H,14,16,17)/i1D3,2D2. The highest BCUT2D eigenvalue weighted by atomic mass is 16.3. The van der Waals surface area contributed by atoms with E-state index in [-0.39, 0.29) is 5.56 Å². The van der Waals surface area contributed by atoms with Crippen molar-refractivity contribution >= 4 is 11.8 Å². The average molecular weight is 238 g/mol. The summed E-state index contributed by atoms with van der Waals surface area (Å²) in [4.78, 5) is 23.9. The average Bonchev–Trinajstić information content (AvgIpc) is 2.42. The van der Waals surface area contributed by atoms with Crippen molar-refractivity contribution in [3.8, 4) is 0 Å². The number of carbonyl (C=O) groups is 2. The van der Waals surface area contributed by atoms with E-state index in [2.05, 4.69) is 0 Å². The van der Waals surface area contributed by atoms with Crippen LogP contribution in [0.5, 0.6) is 0 Å². The molecule has 0 aliphatic carbocycles. The third kappa shape index (κ3) is 1.85. The molecule has 1 fully saturated rings. The topological polar surface area (TPSA) is 66.4 Å². The van der Waals surface area contributed by atoms with Gasteiger partial charge in [-0.1, -0.05) is 37.2 Å². The molecule has 4 nitrogen and oxygen atoms in total. The largest absolute Gasteiger partial charge is 0.383 e. The van der Waals surface area contributed by atoms with Crippen LogP contribution in [0.2, 0.25) is 0 Å². The van der Waals surface area contributed by atoms with Crippen LogP contribution in [0.15, 0.2) is 30.3 Å². The van der Waals surface area contributed by atoms with E-state index in [1.165, 1.54) is 24.3 Å². The summed E-state index contributed by atoms with van der Waals surface area (Å²) in [5.41, 5.74) is -2.09. The van der Waals surface area contributed by atoms with Crippen molar-refractivity contribution in [2.45, 2.75) is 31.2 Å². The molecule has 1 aromatic carbocycles. The van der Waals surface area contributed by atoms with Crippen LogP contribution in [-0.4, -0.2) is 23.0 Å². The van der Waals surface area contributed by atoms with Crippen LogP contribution in [0.25, 0.3) is 0 Å². The number of aliphatic hydroxyl groups is 1. The van der Waals surface area contributed by atoms with Crippen LogP contribution in [-0.2, 0) is 15.0 Å². The van der Waals surface area contributed by atoms with E-state index in [9.17, 15) is 14.7 Å². The molecule has 1 aliphatic rings. The number of nitrogens with one attached hydrogen (secondary N) is 1. The summed E-state index contributed by atoms with van der Waals surface area (Å²) >= 11 is 0. The van der Waals surface area contributed by atoms with Gasteiger partial charge in [0.05, 0.1) is 5.41 Å². The molecule has 2 amide bonds. The summed E-state index contributed by atoms with van der Waals surface area (Å²) in [7, 11) is 0. The minimum atomic E-state index is -3.12. The number of rotatable bonds is 2. The van der Waals surface area contributed by atoms with E-state index in [1.54, 1.807) is 6.07 Å².